The zero-order valence-corrected chi connectivity index (χ0v) is 15.5. The van der Waals surface area contributed by atoms with Crippen molar-refractivity contribution in [3.05, 3.63) is 29.8 Å². The van der Waals surface area contributed by atoms with Crippen LogP contribution in [-0.4, -0.2) is 63.2 Å². The molecule has 0 aromatic carbocycles. The van der Waals surface area contributed by atoms with Crippen molar-refractivity contribution in [3.8, 4) is 5.88 Å². The van der Waals surface area contributed by atoms with Crippen molar-refractivity contribution in [2.24, 2.45) is 0 Å². The van der Waals surface area contributed by atoms with Gasteiger partial charge in [0.05, 0.1) is 18.8 Å². The lowest BCUT2D eigenvalue weighted by Crippen LogP contribution is -2.47. The van der Waals surface area contributed by atoms with E-state index >= 15 is 0 Å². The van der Waals surface area contributed by atoms with E-state index in [0.29, 0.717) is 13.0 Å². The van der Waals surface area contributed by atoms with E-state index in [1.54, 1.807) is 11.8 Å². The first-order chi connectivity index (χ1) is 14.2. The number of nitrogens with zero attached hydrogens (tertiary/aromatic N) is 4. The molecular formula is C16H18F4N4O6. The normalized spacial score (nSPS) is 19.0. The fourth-order valence-corrected chi connectivity index (χ4v) is 2.34. The number of piperidine rings is 1. The Morgan fingerprint density at radius 3 is 2.63 bits per heavy atom. The number of rotatable bonds is 4. The Labute approximate surface area is 166 Å². The lowest BCUT2D eigenvalue weighted by Gasteiger charge is -2.32. The van der Waals surface area contributed by atoms with Gasteiger partial charge >= 0.3 is 18.0 Å². The van der Waals surface area contributed by atoms with E-state index in [4.69, 9.17) is 9.26 Å². The van der Waals surface area contributed by atoms with Crippen LogP contribution in [0.3, 0.4) is 0 Å². The van der Waals surface area contributed by atoms with Crippen LogP contribution in [0.1, 0.15) is 29.7 Å². The highest BCUT2D eigenvalue weighted by Crippen LogP contribution is 2.28. The summed E-state index contributed by atoms with van der Waals surface area (Å²) in [6.45, 7) is 2.59. The van der Waals surface area contributed by atoms with Gasteiger partial charge in [0.15, 0.2) is 0 Å². The zero-order valence-electron chi connectivity index (χ0n) is 15.5. The van der Waals surface area contributed by atoms with Gasteiger partial charge in [-0.25, -0.2) is 9.78 Å². The molecule has 1 saturated heterocycles. The highest BCUT2D eigenvalue weighted by atomic mass is 19.4. The van der Waals surface area contributed by atoms with Crippen LogP contribution >= 0.6 is 0 Å². The van der Waals surface area contributed by atoms with E-state index in [-0.39, 0.29) is 25.0 Å². The topological polar surface area (TPSA) is 131 Å². The minimum Gasteiger partial charge on any atom is -0.459 e. The molecule has 1 aliphatic heterocycles. The molecular weight excluding hydrogens is 420 g/mol. The van der Waals surface area contributed by atoms with Crippen LogP contribution in [0.5, 0.6) is 5.88 Å². The molecule has 0 amide bonds. The molecule has 0 bridgehead atoms. The van der Waals surface area contributed by atoms with Crippen molar-refractivity contribution in [1.82, 2.24) is 15.1 Å². The molecule has 10 nitrogen and oxygen atoms in total. The molecule has 2 N–H and O–H groups in total. The fourth-order valence-electron chi connectivity index (χ4n) is 2.34. The summed E-state index contributed by atoms with van der Waals surface area (Å²) in [5, 5.41) is 22.6. The maximum Gasteiger partial charge on any atom is 0.433 e. The van der Waals surface area contributed by atoms with Gasteiger partial charge in [-0.05, 0) is 24.6 Å². The molecule has 3 rings (SSSR count). The van der Waals surface area contributed by atoms with E-state index in [2.05, 4.69) is 20.1 Å². The predicted molar refractivity (Wildman–Crippen MR) is 90.1 cm³/mol. The lowest BCUT2D eigenvalue weighted by molar-refractivity contribution is -0.142. The van der Waals surface area contributed by atoms with Crippen LogP contribution in [0.15, 0.2) is 22.7 Å². The highest BCUT2D eigenvalue weighted by Gasteiger charge is 2.32. The Bertz CT molecular complexity index is 834. The van der Waals surface area contributed by atoms with Gasteiger partial charge in [-0.2, -0.15) is 18.2 Å². The fraction of sp³-hybridized carbons (Fsp3) is 0.500. The summed E-state index contributed by atoms with van der Waals surface area (Å²) in [6, 6.07) is 2.71. The minimum atomic E-state index is -4.57. The molecule has 2 unspecified atom stereocenters. The number of aliphatic hydroxyl groups excluding tert-OH is 2. The molecule has 1 fully saturated rings. The number of ether oxygens (including phenoxy) is 1. The summed E-state index contributed by atoms with van der Waals surface area (Å²) in [6.07, 6.45) is -5.76. The number of carbonyl (C=O) groups excluding carboxylic acids is 1. The lowest BCUT2D eigenvalue weighted by atomic mass is 10.1. The van der Waals surface area contributed by atoms with Crippen LogP contribution in [-0.2, 0) is 10.9 Å². The van der Waals surface area contributed by atoms with Crippen LogP contribution < -0.4 is 9.84 Å². The van der Waals surface area contributed by atoms with Crippen molar-refractivity contribution in [3.63, 3.8) is 0 Å². The Kier molecular flexibility index (Phi) is 7.88. The highest BCUT2D eigenvalue weighted by molar-refractivity contribution is 5.84. The van der Waals surface area contributed by atoms with Gasteiger partial charge in [0.25, 0.3) is 11.8 Å². The number of anilines is 1. The van der Waals surface area contributed by atoms with Gasteiger partial charge in [-0.15, -0.1) is 0 Å². The summed E-state index contributed by atoms with van der Waals surface area (Å²) in [5.74, 6) is -1.38. The van der Waals surface area contributed by atoms with E-state index in [0.717, 1.165) is 18.2 Å². The predicted octanol–water partition coefficient (Wildman–Crippen LogP) is 1.54. The van der Waals surface area contributed by atoms with Crippen molar-refractivity contribution < 1.29 is 46.9 Å². The standard InChI is InChI=1S/C10H15N3O5.C6H3F4NO/c1-2-17-9(16)8-11-10(12-18-8)13-4-3-6(14)7(15)5-13;7-6(8,9)4-2-1-3-5(11-4)12-10/h6-7,14-15H,2-5H2,1H3;1-3H. The third-order valence-corrected chi connectivity index (χ3v) is 3.79. The summed E-state index contributed by atoms with van der Waals surface area (Å²) in [4.78, 5) is 22.7. The number of hydrogen-bond donors (Lipinski definition) is 2. The first-order valence-electron chi connectivity index (χ1n) is 8.60. The monoisotopic (exact) mass is 438 g/mol. The Hall–Kier alpha value is -3.00. The van der Waals surface area contributed by atoms with Crippen LogP contribution in [0, 0.1) is 0 Å². The zero-order chi connectivity index (χ0) is 22.3. The Balaban J connectivity index is 0.000000232. The largest absolute Gasteiger partial charge is 0.459 e. The number of esters is 1. The molecule has 0 radical (unpaired) electrons. The van der Waals surface area contributed by atoms with Gasteiger partial charge in [0.2, 0.25) is 0 Å². The van der Waals surface area contributed by atoms with Gasteiger partial charge < -0.3 is 24.4 Å². The van der Waals surface area contributed by atoms with Crippen molar-refractivity contribution >= 4 is 11.9 Å². The van der Waals surface area contributed by atoms with E-state index in [1.807, 2.05) is 0 Å². The summed E-state index contributed by atoms with van der Waals surface area (Å²) in [7, 11) is 0. The van der Waals surface area contributed by atoms with E-state index < -0.39 is 35.9 Å². The average molecular weight is 438 g/mol. The van der Waals surface area contributed by atoms with Gasteiger partial charge in [-0.3, -0.25) is 4.94 Å². The third kappa shape index (κ3) is 6.25. The van der Waals surface area contributed by atoms with Crippen LogP contribution in [0.25, 0.3) is 0 Å². The first-order valence-corrected chi connectivity index (χ1v) is 8.60. The van der Waals surface area contributed by atoms with Crippen molar-refractivity contribution in [1.29, 1.82) is 0 Å². The Morgan fingerprint density at radius 2 is 2.03 bits per heavy atom. The van der Waals surface area contributed by atoms with Crippen LogP contribution in [0.2, 0.25) is 0 Å². The molecule has 14 heteroatoms. The maximum atomic E-state index is 11.9. The molecule has 1 aliphatic rings. The number of β-amino-alcohol motifs (C(OH)–C–C–N with tert-alkyl or cyclic N) is 1. The molecule has 2 aromatic heterocycles. The smallest absolute Gasteiger partial charge is 0.433 e. The summed E-state index contributed by atoms with van der Waals surface area (Å²) < 4.78 is 56.5. The number of carbonyl (C=O) groups is 1. The SMILES string of the molecule is CCOC(=O)c1nc(N2CCC(O)C(O)C2)no1.FOc1cccc(C(F)(F)F)n1. The second-order valence-electron chi connectivity index (χ2n) is 5.93. The molecule has 0 spiro atoms. The molecule has 30 heavy (non-hydrogen) atoms. The minimum absolute atomic E-state index is 0.197. The first kappa shape index (κ1) is 23.3. The molecule has 0 aliphatic carbocycles. The number of alkyl halides is 3. The number of halogens is 4. The van der Waals surface area contributed by atoms with Gasteiger partial charge in [0, 0.05) is 23.7 Å². The van der Waals surface area contributed by atoms with Gasteiger partial charge in [-0.1, -0.05) is 6.07 Å². The number of aromatic nitrogens is 3. The molecule has 2 atom stereocenters. The number of hydrogen-bond acceptors (Lipinski definition) is 10. The quantitative estimate of drug-likeness (QED) is 0.535. The van der Waals surface area contributed by atoms with Crippen molar-refractivity contribution in [2.45, 2.75) is 31.7 Å². The van der Waals surface area contributed by atoms with E-state index in [1.165, 1.54) is 0 Å². The molecule has 0 saturated carbocycles. The molecule has 2 aromatic rings. The second kappa shape index (κ2) is 10.2. The Morgan fingerprint density at radius 1 is 1.30 bits per heavy atom. The molecule has 166 valence electrons. The summed E-state index contributed by atoms with van der Waals surface area (Å²) >= 11 is 0. The average Bonchev–Trinajstić information content (AvgIpc) is 3.20. The maximum absolute atomic E-state index is 11.9. The molecule has 3 heterocycles. The van der Waals surface area contributed by atoms with Gasteiger partial charge in [0.1, 0.15) is 5.69 Å². The second-order valence-corrected chi connectivity index (χ2v) is 5.93. The van der Waals surface area contributed by atoms with Crippen LogP contribution in [0.4, 0.5) is 23.6 Å². The number of aliphatic hydroxyl groups is 2. The summed E-state index contributed by atoms with van der Waals surface area (Å²) in [5.41, 5.74) is -1.18. The third-order valence-electron chi connectivity index (χ3n) is 3.79. The number of pyridine rings is 1. The van der Waals surface area contributed by atoms with E-state index in [9.17, 15) is 32.7 Å². The van der Waals surface area contributed by atoms with Crippen molar-refractivity contribution in [2.75, 3.05) is 24.6 Å².